The largest absolute Gasteiger partial charge is 0.467 e. The van der Waals surface area contributed by atoms with Gasteiger partial charge in [0, 0.05) is 17.7 Å². The SMILES string of the molecule is C#Cc1ccc(-c2nnc(NC(=O)CO[Si](C)(C)C(C)(C)C)cc2C2CC2)c(OCOCC)c1. The number of carbonyl (C=O) groups is 1. The molecule has 1 aromatic heterocycles. The maximum Gasteiger partial charge on any atom is 0.250 e. The average Bonchev–Trinajstić information content (AvgIpc) is 3.63. The molecule has 1 aromatic carbocycles. The van der Waals surface area contributed by atoms with Crippen LogP contribution in [-0.4, -0.2) is 44.4 Å². The number of hydrogen-bond donors (Lipinski definition) is 1. The zero-order valence-electron chi connectivity index (χ0n) is 21.0. The fraction of sp³-hybridized carbons (Fsp3) is 0.500. The summed E-state index contributed by atoms with van der Waals surface area (Å²) in [5, 5.41) is 11.7. The summed E-state index contributed by atoms with van der Waals surface area (Å²) >= 11 is 0. The number of carbonyl (C=O) groups excluding carboxylic acids is 1. The van der Waals surface area contributed by atoms with Crippen LogP contribution in [0.1, 0.15) is 57.6 Å². The minimum absolute atomic E-state index is 0.00164. The second kappa shape index (κ2) is 10.7. The standard InChI is InChI=1S/C26H35N3O4Si/c1-8-18-10-13-20(22(14-18)32-17-31-9-2)25-21(19-11-12-19)15-23(28-29-25)27-24(30)16-33-34(6,7)26(3,4)5/h1,10,13-15,19H,9,11-12,16-17H2,2-7H3,(H,27,28,30). The predicted molar refractivity (Wildman–Crippen MR) is 136 cm³/mol. The van der Waals surface area contributed by atoms with E-state index in [9.17, 15) is 4.79 Å². The van der Waals surface area contributed by atoms with Gasteiger partial charge in [-0.15, -0.1) is 16.6 Å². The third-order valence-electron chi connectivity index (χ3n) is 6.38. The molecule has 34 heavy (non-hydrogen) atoms. The highest BCUT2D eigenvalue weighted by Crippen LogP contribution is 2.45. The first-order valence-corrected chi connectivity index (χ1v) is 14.6. The van der Waals surface area contributed by atoms with Gasteiger partial charge < -0.3 is 19.2 Å². The number of amides is 1. The fourth-order valence-corrected chi connectivity index (χ4v) is 4.06. The van der Waals surface area contributed by atoms with E-state index in [2.05, 4.69) is 55.3 Å². The molecule has 1 N–H and O–H groups in total. The van der Waals surface area contributed by atoms with Gasteiger partial charge in [0.1, 0.15) is 18.1 Å². The van der Waals surface area contributed by atoms with Gasteiger partial charge in [-0.1, -0.05) is 26.7 Å². The van der Waals surface area contributed by atoms with Crippen molar-refractivity contribution in [1.29, 1.82) is 0 Å². The molecule has 3 rings (SSSR count). The number of anilines is 1. The number of nitrogens with one attached hydrogen (secondary N) is 1. The molecule has 1 saturated carbocycles. The highest BCUT2D eigenvalue weighted by Gasteiger charge is 2.37. The second-order valence-electron chi connectivity index (χ2n) is 10.0. The lowest BCUT2D eigenvalue weighted by atomic mass is 10.0. The average molecular weight is 482 g/mol. The van der Waals surface area contributed by atoms with Crippen molar-refractivity contribution in [3.63, 3.8) is 0 Å². The van der Waals surface area contributed by atoms with E-state index in [1.54, 1.807) is 6.07 Å². The number of hydrogen-bond acceptors (Lipinski definition) is 6. The summed E-state index contributed by atoms with van der Waals surface area (Å²) in [5.41, 5.74) is 3.27. The molecular weight excluding hydrogens is 446 g/mol. The van der Waals surface area contributed by atoms with E-state index in [1.807, 2.05) is 25.1 Å². The van der Waals surface area contributed by atoms with Crippen LogP contribution in [0, 0.1) is 12.3 Å². The number of rotatable bonds is 10. The number of nitrogens with zero attached hydrogens (tertiary/aromatic N) is 2. The lowest BCUT2D eigenvalue weighted by molar-refractivity contribution is -0.118. The van der Waals surface area contributed by atoms with E-state index in [1.165, 1.54) is 0 Å². The molecule has 1 aliphatic rings. The molecular formula is C26H35N3O4Si. The van der Waals surface area contributed by atoms with Gasteiger partial charge in [0.2, 0.25) is 5.91 Å². The van der Waals surface area contributed by atoms with Crippen LogP contribution in [0.15, 0.2) is 24.3 Å². The Balaban J connectivity index is 1.82. The molecule has 0 bridgehead atoms. The lowest BCUT2D eigenvalue weighted by Gasteiger charge is -2.35. The number of benzene rings is 1. The molecule has 0 aliphatic heterocycles. The Labute approximate surface area is 203 Å². The van der Waals surface area contributed by atoms with Crippen LogP contribution < -0.4 is 10.1 Å². The van der Waals surface area contributed by atoms with Crippen molar-refractivity contribution < 1.29 is 18.7 Å². The van der Waals surface area contributed by atoms with Crippen LogP contribution in [0.4, 0.5) is 5.82 Å². The van der Waals surface area contributed by atoms with E-state index < -0.39 is 8.32 Å². The van der Waals surface area contributed by atoms with Crippen molar-refractivity contribution in [3.8, 4) is 29.4 Å². The van der Waals surface area contributed by atoms with Gasteiger partial charge in [0.25, 0.3) is 0 Å². The van der Waals surface area contributed by atoms with Gasteiger partial charge in [-0.2, -0.15) is 0 Å². The van der Waals surface area contributed by atoms with Crippen molar-refractivity contribution >= 4 is 20.0 Å². The fourth-order valence-electron chi connectivity index (χ4n) is 3.14. The molecule has 0 saturated heterocycles. The molecule has 1 fully saturated rings. The minimum atomic E-state index is -2.02. The Morgan fingerprint density at radius 1 is 1.24 bits per heavy atom. The lowest BCUT2D eigenvalue weighted by Crippen LogP contribution is -2.42. The molecule has 1 amide bonds. The summed E-state index contributed by atoms with van der Waals surface area (Å²) < 4.78 is 17.2. The molecule has 2 aromatic rings. The Hall–Kier alpha value is -2.73. The van der Waals surface area contributed by atoms with Gasteiger partial charge in [0.05, 0.1) is 0 Å². The summed E-state index contributed by atoms with van der Waals surface area (Å²) in [4.78, 5) is 12.6. The van der Waals surface area contributed by atoms with Crippen molar-refractivity contribution in [2.24, 2.45) is 0 Å². The summed E-state index contributed by atoms with van der Waals surface area (Å²) in [5.74, 6) is 3.80. The molecule has 182 valence electrons. The first-order chi connectivity index (χ1) is 16.1. The van der Waals surface area contributed by atoms with E-state index in [0.29, 0.717) is 29.7 Å². The van der Waals surface area contributed by atoms with E-state index in [0.717, 1.165) is 29.7 Å². The zero-order chi connectivity index (χ0) is 24.9. The maximum atomic E-state index is 12.6. The van der Waals surface area contributed by atoms with Gasteiger partial charge in [0.15, 0.2) is 20.9 Å². The highest BCUT2D eigenvalue weighted by atomic mass is 28.4. The Kier molecular flexibility index (Phi) is 8.13. The van der Waals surface area contributed by atoms with Crippen LogP contribution >= 0.6 is 0 Å². The first-order valence-electron chi connectivity index (χ1n) is 11.7. The number of ether oxygens (including phenoxy) is 2. The molecule has 0 atom stereocenters. The Morgan fingerprint density at radius 3 is 2.59 bits per heavy atom. The number of terminal acetylenes is 1. The second-order valence-corrected chi connectivity index (χ2v) is 14.8. The van der Waals surface area contributed by atoms with Gasteiger partial charge >= 0.3 is 0 Å². The van der Waals surface area contributed by atoms with Crippen LogP contribution in [-0.2, 0) is 14.0 Å². The van der Waals surface area contributed by atoms with Crippen LogP contribution in [0.3, 0.4) is 0 Å². The normalized spacial score (nSPS) is 13.9. The van der Waals surface area contributed by atoms with Crippen molar-refractivity contribution in [2.45, 2.75) is 64.6 Å². The summed E-state index contributed by atoms with van der Waals surface area (Å²) in [6.45, 7) is 13.2. The summed E-state index contributed by atoms with van der Waals surface area (Å²) in [7, 11) is -2.02. The smallest absolute Gasteiger partial charge is 0.250 e. The molecule has 0 spiro atoms. The van der Waals surface area contributed by atoms with Crippen molar-refractivity contribution in [3.05, 3.63) is 35.4 Å². The van der Waals surface area contributed by atoms with Gasteiger partial charge in [-0.3, -0.25) is 4.79 Å². The van der Waals surface area contributed by atoms with Crippen molar-refractivity contribution in [1.82, 2.24) is 10.2 Å². The maximum absolute atomic E-state index is 12.6. The van der Waals surface area contributed by atoms with Gasteiger partial charge in [-0.25, -0.2) is 0 Å². The first kappa shape index (κ1) is 25.9. The van der Waals surface area contributed by atoms with Crippen molar-refractivity contribution in [2.75, 3.05) is 25.3 Å². The quantitative estimate of drug-likeness (QED) is 0.214. The summed E-state index contributed by atoms with van der Waals surface area (Å²) in [6.07, 6.45) is 7.71. The highest BCUT2D eigenvalue weighted by molar-refractivity contribution is 6.74. The topological polar surface area (TPSA) is 82.6 Å². The molecule has 7 nitrogen and oxygen atoms in total. The predicted octanol–water partition coefficient (Wildman–Crippen LogP) is 5.34. The van der Waals surface area contributed by atoms with Crippen LogP contribution in [0.5, 0.6) is 5.75 Å². The summed E-state index contributed by atoms with van der Waals surface area (Å²) in [6, 6.07) is 7.47. The minimum Gasteiger partial charge on any atom is -0.467 e. The molecule has 0 unspecified atom stereocenters. The monoisotopic (exact) mass is 481 g/mol. The molecule has 0 radical (unpaired) electrons. The van der Waals surface area contributed by atoms with Crippen LogP contribution in [0.2, 0.25) is 18.1 Å². The van der Waals surface area contributed by atoms with E-state index in [4.69, 9.17) is 20.3 Å². The van der Waals surface area contributed by atoms with Crippen LogP contribution in [0.25, 0.3) is 11.3 Å². The molecule has 1 heterocycles. The van der Waals surface area contributed by atoms with Gasteiger partial charge in [-0.05, 0) is 73.6 Å². The van der Waals surface area contributed by atoms with E-state index >= 15 is 0 Å². The Morgan fingerprint density at radius 2 is 1.97 bits per heavy atom. The van der Waals surface area contributed by atoms with E-state index in [-0.39, 0.29) is 24.3 Å². The zero-order valence-corrected chi connectivity index (χ0v) is 22.0. The number of aromatic nitrogens is 2. The Bertz CT molecular complexity index is 1070. The molecule has 1 aliphatic carbocycles. The molecule has 8 heteroatoms. The third-order valence-corrected chi connectivity index (χ3v) is 10.9. The third kappa shape index (κ3) is 6.44.